The summed E-state index contributed by atoms with van der Waals surface area (Å²) in [4.78, 5) is 14.9. The van der Waals surface area contributed by atoms with Gasteiger partial charge in [-0.3, -0.25) is 0 Å². The third-order valence-electron chi connectivity index (χ3n) is 9.79. The topological polar surface area (TPSA) is 43.6 Å². The number of aryl methyl sites for hydroxylation is 1. The van der Waals surface area contributed by atoms with Crippen LogP contribution >= 0.6 is 0 Å². The molecule has 8 aromatic rings. The summed E-state index contributed by atoms with van der Waals surface area (Å²) in [6.45, 7) is 6.84. The van der Waals surface area contributed by atoms with Gasteiger partial charge < -0.3 is 4.57 Å². The highest BCUT2D eigenvalue weighted by atomic mass is 15.0. The van der Waals surface area contributed by atoms with Crippen LogP contribution in [0.15, 0.2) is 140 Å². The fourth-order valence-electron chi connectivity index (χ4n) is 7.50. The van der Waals surface area contributed by atoms with Crippen LogP contribution < -0.4 is 0 Å². The average molecular weight is 605 g/mol. The zero-order chi connectivity index (χ0) is 31.7. The van der Waals surface area contributed by atoms with Crippen LogP contribution in [0, 0.1) is 6.92 Å². The molecule has 1 aliphatic carbocycles. The summed E-state index contributed by atoms with van der Waals surface area (Å²) in [5.41, 5.74) is 13.0. The van der Waals surface area contributed by atoms with E-state index in [-0.39, 0.29) is 5.41 Å². The third kappa shape index (κ3) is 4.18. The Kier molecular flexibility index (Phi) is 6.03. The highest BCUT2D eigenvalue weighted by molar-refractivity contribution is 6.17. The Balaban J connectivity index is 1.24. The van der Waals surface area contributed by atoms with Gasteiger partial charge in [-0.2, -0.15) is 0 Å². The van der Waals surface area contributed by atoms with Crippen molar-refractivity contribution in [1.82, 2.24) is 19.5 Å². The molecule has 224 valence electrons. The number of nitrogens with zero attached hydrogens (tertiary/aromatic N) is 4. The minimum absolute atomic E-state index is 0.0523. The molecule has 9 rings (SSSR count). The highest BCUT2D eigenvalue weighted by Crippen LogP contribution is 2.53. The molecule has 0 atom stereocenters. The number of fused-ring (bicyclic) bond motifs is 7. The molecule has 0 spiro atoms. The Labute approximate surface area is 274 Å². The summed E-state index contributed by atoms with van der Waals surface area (Å²) in [6.07, 6.45) is 0. The molecule has 0 unspecified atom stereocenters. The second-order valence-electron chi connectivity index (χ2n) is 12.9. The van der Waals surface area contributed by atoms with Crippen molar-refractivity contribution < 1.29 is 0 Å². The lowest BCUT2D eigenvalue weighted by atomic mass is 9.82. The summed E-state index contributed by atoms with van der Waals surface area (Å²) in [7, 11) is 0. The molecule has 0 fully saturated rings. The number of benzene rings is 6. The van der Waals surface area contributed by atoms with E-state index >= 15 is 0 Å². The summed E-state index contributed by atoms with van der Waals surface area (Å²) in [5.74, 6) is 2.00. The van der Waals surface area contributed by atoms with Gasteiger partial charge in [-0.25, -0.2) is 15.0 Å². The monoisotopic (exact) mass is 604 g/mol. The van der Waals surface area contributed by atoms with Crippen LogP contribution in [0.4, 0.5) is 0 Å². The van der Waals surface area contributed by atoms with Gasteiger partial charge in [-0.1, -0.05) is 123 Å². The molecule has 0 saturated carbocycles. The predicted octanol–water partition coefficient (Wildman–Crippen LogP) is 10.6. The van der Waals surface area contributed by atoms with Gasteiger partial charge in [0.1, 0.15) is 0 Å². The summed E-state index contributed by atoms with van der Waals surface area (Å²) >= 11 is 0. The van der Waals surface area contributed by atoms with Gasteiger partial charge in [0.2, 0.25) is 0 Å². The SMILES string of the molecule is Cc1cc(-n2c3ccccc3c3c4c(ccc32)C(C)(C)c2ccccc2-4)ccc1-c1nc(-c2ccccc2)nc(-c2ccccc2)n1. The highest BCUT2D eigenvalue weighted by Gasteiger charge is 2.37. The Morgan fingerprint density at radius 3 is 1.83 bits per heavy atom. The quantitative estimate of drug-likeness (QED) is 0.201. The maximum absolute atomic E-state index is 5.00. The van der Waals surface area contributed by atoms with E-state index in [4.69, 9.17) is 15.0 Å². The van der Waals surface area contributed by atoms with Gasteiger partial charge in [-0.15, -0.1) is 0 Å². The second-order valence-corrected chi connectivity index (χ2v) is 12.9. The minimum atomic E-state index is -0.0523. The average Bonchev–Trinajstić information content (AvgIpc) is 3.57. The van der Waals surface area contributed by atoms with Gasteiger partial charge >= 0.3 is 0 Å². The van der Waals surface area contributed by atoms with E-state index in [1.807, 2.05) is 60.7 Å². The zero-order valence-electron chi connectivity index (χ0n) is 26.6. The number of rotatable bonds is 4. The molecule has 0 bridgehead atoms. The number of para-hydroxylation sites is 1. The van der Waals surface area contributed by atoms with E-state index in [0.29, 0.717) is 17.5 Å². The molecule has 0 aliphatic heterocycles. The molecule has 47 heavy (non-hydrogen) atoms. The Morgan fingerprint density at radius 1 is 0.511 bits per heavy atom. The van der Waals surface area contributed by atoms with Crippen molar-refractivity contribution in [2.24, 2.45) is 0 Å². The predicted molar refractivity (Wildman–Crippen MR) is 193 cm³/mol. The van der Waals surface area contributed by atoms with Crippen molar-refractivity contribution in [3.05, 3.63) is 156 Å². The van der Waals surface area contributed by atoms with E-state index in [2.05, 4.69) is 104 Å². The van der Waals surface area contributed by atoms with Crippen molar-refractivity contribution in [3.63, 3.8) is 0 Å². The smallest absolute Gasteiger partial charge is 0.164 e. The van der Waals surface area contributed by atoms with Crippen LogP contribution in [0.5, 0.6) is 0 Å². The Morgan fingerprint density at radius 2 is 1.13 bits per heavy atom. The molecule has 2 heterocycles. The van der Waals surface area contributed by atoms with Gasteiger partial charge in [0.15, 0.2) is 17.5 Å². The second kappa shape index (κ2) is 10.3. The van der Waals surface area contributed by atoms with Crippen LogP contribution in [-0.4, -0.2) is 19.5 Å². The van der Waals surface area contributed by atoms with Crippen LogP contribution in [0.25, 0.3) is 72.8 Å². The molecule has 1 aliphatic rings. The van der Waals surface area contributed by atoms with Crippen molar-refractivity contribution in [3.8, 4) is 51.0 Å². The van der Waals surface area contributed by atoms with E-state index in [1.54, 1.807) is 0 Å². The number of hydrogen-bond donors (Lipinski definition) is 0. The Hall–Kier alpha value is -5.87. The third-order valence-corrected chi connectivity index (χ3v) is 9.79. The van der Waals surface area contributed by atoms with E-state index in [9.17, 15) is 0 Å². The largest absolute Gasteiger partial charge is 0.309 e. The van der Waals surface area contributed by atoms with Gasteiger partial charge in [0.05, 0.1) is 11.0 Å². The maximum Gasteiger partial charge on any atom is 0.164 e. The van der Waals surface area contributed by atoms with Crippen molar-refractivity contribution >= 4 is 21.8 Å². The van der Waals surface area contributed by atoms with Crippen LogP contribution in [0.1, 0.15) is 30.5 Å². The standard InChI is InChI=1S/C43H32N4/c1-27-26-30(22-23-31(27)42-45-40(28-14-6-4-7-15-28)44-41(46-42)29-16-8-5-9-17-29)47-36-21-13-11-19-33(36)39-37(47)25-24-35-38(39)32-18-10-12-20-34(32)43(35,2)3/h4-26H,1-3H3. The summed E-state index contributed by atoms with van der Waals surface area (Å²) in [5, 5.41) is 2.58. The molecule has 2 aromatic heterocycles. The molecular weight excluding hydrogens is 573 g/mol. The van der Waals surface area contributed by atoms with E-state index < -0.39 is 0 Å². The van der Waals surface area contributed by atoms with Gasteiger partial charge in [0, 0.05) is 38.6 Å². The van der Waals surface area contributed by atoms with Crippen molar-refractivity contribution in [1.29, 1.82) is 0 Å². The lowest BCUT2D eigenvalue weighted by molar-refractivity contribution is 0.661. The lowest BCUT2D eigenvalue weighted by Gasteiger charge is -2.21. The van der Waals surface area contributed by atoms with Crippen LogP contribution in [-0.2, 0) is 5.41 Å². The normalized spacial score (nSPS) is 13.2. The van der Waals surface area contributed by atoms with E-state index in [1.165, 1.54) is 44.1 Å². The van der Waals surface area contributed by atoms with Gasteiger partial charge in [-0.05, 0) is 65.1 Å². The van der Waals surface area contributed by atoms with Crippen LogP contribution in [0.2, 0.25) is 0 Å². The molecule has 0 amide bonds. The fraction of sp³-hybridized carbons (Fsp3) is 0.0930. The van der Waals surface area contributed by atoms with Gasteiger partial charge in [0.25, 0.3) is 0 Å². The fourth-order valence-corrected chi connectivity index (χ4v) is 7.50. The minimum Gasteiger partial charge on any atom is -0.309 e. The first-order valence-electron chi connectivity index (χ1n) is 16.1. The summed E-state index contributed by atoms with van der Waals surface area (Å²) in [6, 6.07) is 49.2. The first kappa shape index (κ1) is 27.4. The molecular formula is C43H32N4. The molecule has 4 heteroatoms. The van der Waals surface area contributed by atoms with E-state index in [0.717, 1.165) is 27.9 Å². The molecule has 6 aromatic carbocycles. The van der Waals surface area contributed by atoms with Crippen molar-refractivity contribution in [2.45, 2.75) is 26.2 Å². The Bertz CT molecular complexity index is 2430. The molecule has 4 nitrogen and oxygen atoms in total. The molecule has 0 N–H and O–H groups in total. The first-order chi connectivity index (χ1) is 23.0. The first-order valence-corrected chi connectivity index (χ1v) is 16.1. The maximum atomic E-state index is 5.00. The molecule has 0 radical (unpaired) electrons. The number of hydrogen-bond acceptors (Lipinski definition) is 3. The van der Waals surface area contributed by atoms with Crippen LogP contribution in [0.3, 0.4) is 0 Å². The number of aromatic nitrogens is 4. The summed E-state index contributed by atoms with van der Waals surface area (Å²) < 4.78 is 2.41. The zero-order valence-corrected chi connectivity index (χ0v) is 26.6. The lowest BCUT2D eigenvalue weighted by Crippen LogP contribution is -2.14. The molecule has 0 saturated heterocycles. The van der Waals surface area contributed by atoms with Crippen molar-refractivity contribution in [2.75, 3.05) is 0 Å².